The zero-order valence-corrected chi connectivity index (χ0v) is 8.39. The van der Waals surface area contributed by atoms with Crippen molar-refractivity contribution in [3.05, 3.63) is 17.6 Å². The van der Waals surface area contributed by atoms with Gasteiger partial charge in [0, 0.05) is 17.7 Å². The lowest BCUT2D eigenvalue weighted by molar-refractivity contribution is 0.433. The molecule has 0 amide bonds. The molecule has 2 rings (SSSR count). The van der Waals surface area contributed by atoms with Crippen LogP contribution < -0.4 is 0 Å². The molecule has 2 aromatic heterocycles. The zero-order chi connectivity index (χ0) is 10.3. The van der Waals surface area contributed by atoms with Gasteiger partial charge in [-0.25, -0.2) is 4.98 Å². The molecule has 5 heteroatoms. The Morgan fingerprint density at radius 1 is 1.36 bits per heavy atom. The van der Waals surface area contributed by atoms with Crippen molar-refractivity contribution in [2.45, 2.75) is 26.7 Å². The lowest BCUT2D eigenvalue weighted by Crippen LogP contribution is -1.94. The summed E-state index contributed by atoms with van der Waals surface area (Å²) in [6, 6.07) is 1.56. The number of rotatable bonds is 1. The third kappa shape index (κ3) is 1.30. The summed E-state index contributed by atoms with van der Waals surface area (Å²) in [6.07, 6.45) is 0. The molecule has 0 aliphatic heterocycles. The van der Waals surface area contributed by atoms with Crippen LogP contribution in [-0.2, 0) is 0 Å². The summed E-state index contributed by atoms with van der Waals surface area (Å²) in [5.74, 6) is 1.45. The molecule has 0 bridgehead atoms. The number of aromatic nitrogens is 4. The Bertz CT molecular complexity index is 475. The third-order valence-electron chi connectivity index (χ3n) is 1.95. The number of aromatic hydroxyl groups is 1. The minimum absolute atomic E-state index is 0.0758. The normalized spacial score (nSPS) is 11.4. The van der Waals surface area contributed by atoms with Crippen molar-refractivity contribution < 1.29 is 5.11 Å². The van der Waals surface area contributed by atoms with E-state index in [0.29, 0.717) is 11.6 Å². The molecular formula is C9H12N4O. The van der Waals surface area contributed by atoms with Crippen molar-refractivity contribution >= 4 is 5.78 Å². The Labute approximate surface area is 81.4 Å². The number of nitrogens with zero attached hydrogens (tertiary/aromatic N) is 4. The van der Waals surface area contributed by atoms with Gasteiger partial charge in [-0.1, -0.05) is 13.8 Å². The average molecular weight is 192 g/mol. The summed E-state index contributed by atoms with van der Waals surface area (Å²) >= 11 is 0. The van der Waals surface area contributed by atoms with Crippen LogP contribution in [0.1, 0.15) is 31.3 Å². The molecule has 14 heavy (non-hydrogen) atoms. The maximum Gasteiger partial charge on any atom is 0.255 e. The van der Waals surface area contributed by atoms with Crippen molar-refractivity contribution in [3.63, 3.8) is 0 Å². The van der Waals surface area contributed by atoms with Crippen LogP contribution in [0.25, 0.3) is 5.78 Å². The molecular weight excluding hydrogens is 180 g/mol. The molecule has 0 fully saturated rings. The summed E-state index contributed by atoms with van der Waals surface area (Å²) < 4.78 is 1.35. The van der Waals surface area contributed by atoms with Gasteiger partial charge in [0.05, 0.1) is 0 Å². The first-order valence-electron chi connectivity index (χ1n) is 4.51. The first kappa shape index (κ1) is 8.93. The highest BCUT2D eigenvalue weighted by Crippen LogP contribution is 2.15. The molecule has 0 saturated heterocycles. The van der Waals surface area contributed by atoms with E-state index in [0.717, 1.165) is 5.69 Å². The van der Waals surface area contributed by atoms with Gasteiger partial charge < -0.3 is 5.11 Å². The standard InChI is InChI=1S/C9H12N4O/c1-5(2)8-11-9-10-6(3)4-7(14)13(9)12-8/h4-5,14H,1-3H3. The van der Waals surface area contributed by atoms with Crippen LogP contribution in [0.4, 0.5) is 0 Å². The Morgan fingerprint density at radius 2 is 2.07 bits per heavy atom. The van der Waals surface area contributed by atoms with E-state index in [2.05, 4.69) is 15.1 Å². The van der Waals surface area contributed by atoms with Gasteiger partial charge in [-0.05, 0) is 6.92 Å². The van der Waals surface area contributed by atoms with E-state index in [1.54, 1.807) is 6.07 Å². The minimum atomic E-state index is 0.0758. The fraction of sp³-hybridized carbons (Fsp3) is 0.444. The molecule has 0 spiro atoms. The predicted octanol–water partition coefficient (Wildman–Crippen LogP) is 1.26. The first-order valence-corrected chi connectivity index (χ1v) is 4.51. The number of hydrogen-bond donors (Lipinski definition) is 1. The van der Waals surface area contributed by atoms with E-state index in [4.69, 9.17) is 0 Å². The molecule has 0 aromatic carbocycles. The van der Waals surface area contributed by atoms with Crippen molar-refractivity contribution in [2.24, 2.45) is 0 Å². The van der Waals surface area contributed by atoms with Gasteiger partial charge in [-0.15, -0.1) is 5.10 Å². The van der Waals surface area contributed by atoms with E-state index >= 15 is 0 Å². The molecule has 0 radical (unpaired) electrons. The smallest absolute Gasteiger partial charge is 0.255 e. The third-order valence-corrected chi connectivity index (χ3v) is 1.95. The van der Waals surface area contributed by atoms with Gasteiger partial charge in [0.1, 0.15) is 0 Å². The van der Waals surface area contributed by atoms with E-state index in [1.165, 1.54) is 4.52 Å². The molecule has 0 unspecified atom stereocenters. The largest absolute Gasteiger partial charge is 0.493 e. The Kier molecular flexibility index (Phi) is 1.87. The van der Waals surface area contributed by atoms with Gasteiger partial charge in [-0.3, -0.25) is 0 Å². The molecule has 2 heterocycles. The Balaban J connectivity index is 2.70. The summed E-state index contributed by atoms with van der Waals surface area (Å²) in [4.78, 5) is 8.38. The van der Waals surface area contributed by atoms with Crippen LogP contribution in [0.2, 0.25) is 0 Å². The predicted molar refractivity (Wildman–Crippen MR) is 51.3 cm³/mol. The van der Waals surface area contributed by atoms with E-state index in [-0.39, 0.29) is 11.8 Å². The fourth-order valence-electron chi connectivity index (χ4n) is 1.23. The van der Waals surface area contributed by atoms with Crippen LogP contribution in [0.15, 0.2) is 6.07 Å². The number of hydrogen-bond acceptors (Lipinski definition) is 4. The maximum absolute atomic E-state index is 9.57. The van der Waals surface area contributed by atoms with Crippen molar-refractivity contribution in [1.82, 2.24) is 19.6 Å². The van der Waals surface area contributed by atoms with E-state index < -0.39 is 0 Å². The van der Waals surface area contributed by atoms with Crippen LogP contribution >= 0.6 is 0 Å². The van der Waals surface area contributed by atoms with Gasteiger partial charge in [-0.2, -0.15) is 9.50 Å². The van der Waals surface area contributed by atoms with Gasteiger partial charge >= 0.3 is 0 Å². The van der Waals surface area contributed by atoms with Gasteiger partial charge in [0.15, 0.2) is 5.82 Å². The molecule has 0 atom stereocenters. The fourth-order valence-corrected chi connectivity index (χ4v) is 1.23. The summed E-state index contributed by atoms with van der Waals surface area (Å²) in [6.45, 7) is 5.81. The van der Waals surface area contributed by atoms with Crippen LogP contribution in [0.3, 0.4) is 0 Å². The van der Waals surface area contributed by atoms with Crippen molar-refractivity contribution in [3.8, 4) is 5.88 Å². The molecule has 74 valence electrons. The molecule has 0 aliphatic rings. The zero-order valence-electron chi connectivity index (χ0n) is 8.39. The second kappa shape index (κ2) is 2.94. The molecule has 0 saturated carbocycles. The summed E-state index contributed by atoms with van der Waals surface area (Å²) in [7, 11) is 0. The topological polar surface area (TPSA) is 63.3 Å². The van der Waals surface area contributed by atoms with Gasteiger partial charge in [0.2, 0.25) is 5.88 Å². The van der Waals surface area contributed by atoms with E-state index in [1.807, 2.05) is 20.8 Å². The van der Waals surface area contributed by atoms with Crippen molar-refractivity contribution in [1.29, 1.82) is 0 Å². The highest BCUT2D eigenvalue weighted by atomic mass is 16.3. The monoisotopic (exact) mass is 192 g/mol. The highest BCUT2D eigenvalue weighted by Gasteiger charge is 2.10. The number of fused-ring (bicyclic) bond motifs is 1. The lowest BCUT2D eigenvalue weighted by atomic mass is 10.2. The van der Waals surface area contributed by atoms with Crippen LogP contribution in [0.5, 0.6) is 5.88 Å². The second-order valence-corrected chi connectivity index (χ2v) is 3.59. The lowest BCUT2D eigenvalue weighted by Gasteiger charge is -1.96. The Morgan fingerprint density at radius 3 is 2.71 bits per heavy atom. The highest BCUT2D eigenvalue weighted by molar-refractivity contribution is 5.33. The quantitative estimate of drug-likeness (QED) is 0.738. The second-order valence-electron chi connectivity index (χ2n) is 3.59. The Hall–Kier alpha value is -1.65. The molecule has 1 N–H and O–H groups in total. The number of aryl methyl sites for hydroxylation is 1. The summed E-state index contributed by atoms with van der Waals surface area (Å²) in [5.41, 5.74) is 0.734. The molecule has 5 nitrogen and oxygen atoms in total. The molecule has 2 aromatic rings. The maximum atomic E-state index is 9.57. The van der Waals surface area contributed by atoms with Crippen LogP contribution in [0, 0.1) is 6.92 Å². The SMILES string of the molecule is Cc1cc(O)n2nc(C(C)C)nc2n1. The van der Waals surface area contributed by atoms with Crippen LogP contribution in [-0.4, -0.2) is 24.7 Å². The minimum Gasteiger partial charge on any atom is -0.493 e. The average Bonchev–Trinajstić information content (AvgIpc) is 2.47. The first-order chi connectivity index (χ1) is 6.58. The summed E-state index contributed by atoms with van der Waals surface area (Å²) in [5, 5.41) is 13.7. The molecule has 0 aliphatic carbocycles. The van der Waals surface area contributed by atoms with Gasteiger partial charge in [0.25, 0.3) is 5.78 Å². The van der Waals surface area contributed by atoms with Crippen molar-refractivity contribution in [2.75, 3.05) is 0 Å². The van der Waals surface area contributed by atoms with E-state index in [9.17, 15) is 5.11 Å².